The van der Waals surface area contributed by atoms with Gasteiger partial charge in [-0.2, -0.15) is 0 Å². The van der Waals surface area contributed by atoms with E-state index in [0.29, 0.717) is 5.57 Å². The number of hydrogen-bond acceptors (Lipinski definition) is 3. The van der Waals surface area contributed by atoms with Crippen LogP contribution in [0.2, 0.25) is 0 Å². The van der Waals surface area contributed by atoms with Gasteiger partial charge in [0.2, 0.25) is 0 Å². The van der Waals surface area contributed by atoms with Crippen molar-refractivity contribution in [2.45, 2.75) is 38.9 Å². The van der Waals surface area contributed by atoms with Gasteiger partial charge in [0.05, 0.1) is 5.57 Å². The average Bonchev–Trinajstić information content (AvgIpc) is 2.25. The Morgan fingerprint density at radius 1 is 1.67 bits per heavy atom. The van der Waals surface area contributed by atoms with Crippen molar-refractivity contribution in [2.24, 2.45) is 0 Å². The molecule has 0 radical (unpaired) electrons. The number of hydrogen-bond donors (Lipinski definition) is 1. The van der Waals surface area contributed by atoms with Gasteiger partial charge >= 0.3 is 5.97 Å². The maximum absolute atomic E-state index is 11.1. The first-order valence-electron chi connectivity index (χ1n) is 4.26. The van der Waals surface area contributed by atoms with Crippen LogP contribution in [0.3, 0.4) is 0 Å². The van der Waals surface area contributed by atoms with Gasteiger partial charge in [0.1, 0.15) is 12.2 Å². The van der Waals surface area contributed by atoms with Crippen LogP contribution in [0.25, 0.3) is 0 Å². The van der Waals surface area contributed by atoms with Gasteiger partial charge in [0, 0.05) is 0 Å². The van der Waals surface area contributed by atoms with Crippen molar-refractivity contribution in [1.29, 1.82) is 0 Å². The second-order valence-electron chi connectivity index (χ2n) is 3.00. The van der Waals surface area contributed by atoms with Crippen molar-refractivity contribution in [2.75, 3.05) is 0 Å². The number of unbranched alkanes of at least 4 members (excludes halogenated alkanes) is 1. The van der Waals surface area contributed by atoms with E-state index in [1.165, 1.54) is 0 Å². The second-order valence-corrected chi connectivity index (χ2v) is 3.00. The van der Waals surface area contributed by atoms with Crippen LogP contribution in [-0.2, 0) is 9.53 Å². The maximum Gasteiger partial charge on any atom is 0.336 e. The largest absolute Gasteiger partial charge is 0.456 e. The highest BCUT2D eigenvalue weighted by atomic mass is 16.6. The van der Waals surface area contributed by atoms with Gasteiger partial charge in [0.25, 0.3) is 0 Å². The Morgan fingerprint density at radius 3 is 2.75 bits per heavy atom. The fourth-order valence-electron chi connectivity index (χ4n) is 1.18. The lowest BCUT2D eigenvalue weighted by molar-refractivity contribution is -0.138. The van der Waals surface area contributed by atoms with Gasteiger partial charge in [-0.3, -0.25) is 0 Å². The Hall–Kier alpha value is -0.830. The molecule has 0 aliphatic carbocycles. The minimum atomic E-state index is -0.732. The molecular formula is C9H14O3. The lowest BCUT2D eigenvalue weighted by atomic mass is 10.1. The molecular weight excluding hydrogens is 156 g/mol. The number of allylic oxidation sites excluding steroid dienone is 1. The third kappa shape index (κ3) is 1.67. The van der Waals surface area contributed by atoms with Crippen molar-refractivity contribution in [3.05, 3.63) is 11.6 Å². The lowest BCUT2D eigenvalue weighted by Crippen LogP contribution is -2.17. The van der Waals surface area contributed by atoms with Gasteiger partial charge < -0.3 is 9.84 Å². The van der Waals surface area contributed by atoms with Crippen LogP contribution in [-0.4, -0.2) is 23.3 Å². The summed E-state index contributed by atoms with van der Waals surface area (Å²) >= 11 is 0. The predicted molar refractivity (Wildman–Crippen MR) is 44.6 cm³/mol. The zero-order chi connectivity index (χ0) is 9.14. The third-order valence-electron chi connectivity index (χ3n) is 1.94. The molecule has 0 amide bonds. The SMILES string of the molecule is CCC/C=C1/C(=O)O[C@@H](C)[C@H]1O. The Labute approximate surface area is 72.0 Å². The molecule has 3 heteroatoms. The van der Waals surface area contributed by atoms with E-state index in [9.17, 15) is 9.90 Å². The number of aliphatic hydroxyl groups excluding tert-OH is 1. The van der Waals surface area contributed by atoms with E-state index in [-0.39, 0.29) is 12.1 Å². The van der Waals surface area contributed by atoms with Crippen LogP contribution in [0.5, 0.6) is 0 Å². The van der Waals surface area contributed by atoms with E-state index in [0.717, 1.165) is 12.8 Å². The van der Waals surface area contributed by atoms with Crippen molar-refractivity contribution in [3.8, 4) is 0 Å². The zero-order valence-corrected chi connectivity index (χ0v) is 7.41. The molecule has 1 rings (SSSR count). The van der Waals surface area contributed by atoms with E-state index in [4.69, 9.17) is 4.74 Å². The van der Waals surface area contributed by atoms with Crippen molar-refractivity contribution in [3.63, 3.8) is 0 Å². The highest BCUT2D eigenvalue weighted by Gasteiger charge is 2.34. The first-order chi connectivity index (χ1) is 5.66. The van der Waals surface area contributed by atoms with Crippen LogP contribution in [0.15, 0.2) is 11.6 Å². The molecule has 0 saturated carbocycles. The summed E-state index contributed by atoms with van der Waals surface area (Å²) in [6, 6.07) is 0. The monoisotopic (exact) mass is 170 g/mol. The molecule has 0 aromatic rings. The zero-order valence-electron chi connectivity index (χ0n) is 7.41. The smallest absolute Gasteiger partial charge is 0.336 e. The maximum atomic E-state index is 11.1. The quantitative estimate of drug-likeness (QED) is 0.497. The first-order valence-corrected chi connectivity index (χ1v) is 4.26. The first kappa shape index (κ1) is 9.26. The lowest BCUT2D eigenvalue weighted by Gasteiger charge is -2.04. The second kappa shape index (κ2) is 3.72. The highest BCUT2D eigenvalue weighted by molar-refractivity contribution is 5.92. The number of rotatable bonds is 2. The van der Waals surface area contributed by atoms with Gasteiger partial charge in [-0.05, 0) is 13.3 Å². The predicted octanol–water partition coefficient (Wildman–Crippen LogP) is 1.02. The molecule has 68 valence electrons. The van der Waals surface area contributed by atoms with Crippen LogP contribution < -0.4 is 0 Å². The van der Waals surface area contributed by atoms with E-state index in [1.54, 1.807) is 13.0 Å². The summed E-state index contributed by atoms with van der Waals surface area (Å²) < 4.78 is 4.83. The minimum Gasteiger partial charge on any atom is -0.456 e. The molecule has 0 aromatic heterocycles. The third-order valence-corrected chi connectivity index (χ3v) is 1.94. The van der Waals surface area contributed by atoms with Crippen molar-refractivity contribution in [1.82, 2.24) is 0 Å². The number of esters is 1. The summed E-state index contributed by atoms with van der Waals surface area (Å²) in [6.07, 6.45) is 2.42. The van der Waals surface area contributed by atoms with Crippen molar-refractivity contribution < 1.29 is 14.6 Å². The molecule has 0 aromatic carbocycles. The standard InChI is InChI=1S/C9H14O3/c1-3-4-5-7-8(10)6(2)12-9(7)11/h5-6,8,10H,3-4H2,1-2H3/b7-5+/t6-,8+/m0/s1. The fourth-order valence-corrected chi connectivity index (χ4v) is 1.18. The summed E-state index contributed by atoms with van der Waals surface area (Å²) in [6.45, 7) is 3.71. The van der Waals surface area contributed by atoms with E-state index in [2.05, 4.69) is 0 Å². The summed E-state index contributed by atoms with van der Waals surface area (Å²) in [4.78, 5) is 11.1. The molecule has 1 aliphatic rings. The molecule has 12 heavy (non-hydrogen) atoms. The number of carbonyl (C=O) groups is 1. The molecule has 0 spiro atoms. The van der Waals surface area contributed by atoms with E-state index >= 15 is 0 Å². The Bertz CT molecular complexity index is 208. The Balaban J connectivity index is 2.69. The van der Waals surface area contributed by atoms with Gasteiger partial charge in [0.15, 0.2) is 0 Å². The van der Waals surface area contributed by atoms with Crippen LogP contribution in [0.4, 0.5) is 0 Å². The number of carbonyl (C=O) groups excluding carboxylic acids is 1. The molecule has 0 unspecified atom stereocenters. The summed E-state index contributed by atoms with van der Waals surface area (Å²) in [7, 11) is 0. The van der Waals surface area contributed by atoms with E-state index in [1.807, 2.05) is 6.92 Å². The van der Waals surface area contributed by atoms with Crippen LogP contribution >= 0.6 is 0 Å². The minimum absolute atomic E-state index is 0.372. The Kier molecular flexibility index (Phi) is 2.87. The number of ether oxygens (including phenoxy) is 1. The van der Waals surface area contributed by atoms with Crippen LogP contribution in [0.1, 0.15) is 26.7 Å². The molecule has 1 heterocycles. The summed E-state index contributed by atoms with van der Waals surface area (Å²) in [5.41, 5.74) is 0.421. The Morgan fingerprint density at radius 2 is 2.33 bits per heavy atom. The molecule has 1 N–H and O–H groups in total. The van der Waals surface area contributed by atoms with Gasteiger partial charge in [-0.1, -0.05) is 19.4 Å². The molecule has 3 nitrogen and oxygen atoms in total. The summed E-state index contributed by atoms with van der Waals surface area (Å²) in [5, 5.41) is 9.44. The topological polar surface area (TPSA) is 46.5 Å². The normalized spacial score (nSPS) is 32.6. The number of cyclic esters (lactones) is 1. The summed E-state index contributed by atoms with van der Waals surface area (Å²) in [5.74, 6) is -0.372. The van der Waals surface area contributed by atoms with E-state index < -0.39 is 6.10 Å². The van der Waals surface area contributed by atoms with Gasteiger partial charge in [-0.15, -0.1) is 0 Å². The molecule has 2 atom stereocenters. The van der Waals surface area contributed by atoms with Crippen LogP contribution in [0, 0.1) is 0 Å². The molecule has 1 saturated heterocycles. The van der Waals surface area contributed by atoms with Gasteiger partial charge in [-0.25, -0.2) is 4.79 Å². The fraction of sp³-hybridized carbons (Fsp3) is 0.667. The molecule has 0 bridgehead atoms. The highest BCUT2D eigenvalue weighted by Crippen LogP contribution is 2.21. The average molecular weight is 170 g/mol. The molecule has 1 fully saturated rings. The number of aliphatic hydroxyl groups is 1. The van der Waals surface area contributed by atoms with Crippen molar-refractivity contribution >= 4 is 5.97 Å². The molecule has 1 aliphatic heterocycles.